The fourth-order valence-electron chi connectivity index (χ4n) is 2.82. The Hall–Kier alpha value is -0.440. The summed E-state index contributed by atoms with van der Waals surface area (Å²) in [6.45, 7) is 0.296. The van der Waals surface area contributed by atoms with Crippen LogP contribution in [0.3, 0.4) is 0 Å². The maximum absolute atomic E-state index is 9.96. The van der Waals surface area contributed by atoms with E-state index in [-0.39, 0.29) is 0 Å². The largest absolute Gasteiger partial charge is 0.393 e. The zero-order chi connectivity index (χ0) is 18.9. The van der Waals surface area contributed by atoms with Gasteiger partial charge in [0.25, 0.3) is 0 Å². The lowest BCUT2D eigenvalue weighted by molar-refractivity contribution is -0.348. The molecule has 0 bridgehead atoms. The second-order valence-electron chi connectivity index (χ2n) is 6.47. The Morgan fingerprint density at radius 1 is 0.880 bits per heavy atom. The minimum Gasteiger partial charge on any atom is -0.393 e. The fraction of sp³-hybridized carbons (Fsp3) is 1.00. The number of aliphatic hydroxyl groups is 7. The van der Waals surface area contributed by atoms with Gasteiger partial charge in [0.1, 0.15) is 48.3 Å². The number of hydrogen-bond donors (Lipinski definition) is 7. The summed E-state index contributed by atoms with van der Waals surface area (Å²) in [6.07, 6.45) is -13.0. The van der Waals surface area contributed by atoms with Crippen molar-refractivity contribution in [3.05, 3.63) is 0 Å². The molecule has 2 aliphatic rings. The van der Waals surface area contributed by atoms with Gasteiger partial charge in [-0.05, 0) is 6.92 Å². The molecule has 2 heterocycles. The van der Waals surface area contributed by atoms with Crippen molar-refractivity contribution in [3.63, 3.8) is 0 Å². The summed E-state index contributed by atoms with van der Waals surface area (Å²) in [4.78, 5) is 0. The predicted octanol–water partition coefficient (Wildman–Crippen LogP) is -4.35. The van der Waals surface area contributed by atoms with Crippen molar-refractivity contribution in [1.82, 2.24) is 0 Å². The second-order valence-corrected chi connectivity index (χ2v) is 6.47. The van der Waals surface area contributed by atoms with Crippen molar-refractivity contribution in [2.75, 3.05) is 20.3 Å². The highest BCUT2D eigenvalue weighted by Crippen LogP contribution is 2.31. The molecule has 10 atom stereocenters. The summed E-state index contributed by atoms with van der Waals surface area (Å²) in [5, 5.41) is 68.5. The highest BCUT2D eigenvalue weighted by atomic mass is 16.7. The summed E-state index contributed by atoms with van der Waals surface area (Å²) in [6, 6.07) is 0. The highest BCUT2D eigenvalue weighted by molar-refractivity contribution is 4.97. The van der Waals surface area contributed by atoms with Crippen LogP contribution in [0.25, 0.3) is 0 Å². The Labute approximate surface area is 143 Å². The molecule has 0 aromatic heterocycles. The normalized spacial score (nSPS) is 51.5. The van der Waals surface area contributed by atoms with Crippen molar-refractivity contribution < 1.29 is 54.7 Å². The van der Waals surface area contributed by atoms with Crippen LogP contribution in [-0.2, 0) is 18.9 Å². The van der Waals surface area contributed by atoms with Gasteiger partial charge in [-0.1, -0.05) is 0 Å². The van der Waals surface area contributed by atoms with Crippen LogP contribution in [0.1, 0.15) is 6.92 Å². The van der Waals surface area contributed by atoms with E-state index in [1.807, 2.05) is 0 Å². The molecular formula is C14H26O11. The molecule has 0 radical (unpaired) electrons. The van der Waals surface area contributed by atoms with Crippen LogP contribution in [0.15, 0.2) is 0 Å². The van der Waals surface area contributed by atoms with Gasteiger partial charge in [-0.25, -0.2) is 0 Å². The van der Waals surface area contributed by atoms with Crippen LogP contribution in [0.2, 0.25) is 0 Å². The smallest absolute Gasteiger partial charge is 0.187 e. The predicted molar refractivity (Wildman–Crippen MR) is 78.0 cm³/mol. The monoisotopic (exact) mass is 370 g/mol. The van der Waals surface area contributed by atoms with Gasteiger partial charge in [0.05, 0.1) is 13.2 Å². The average Bonchev–Trinajstić information content (AvgIpc) is 2.61. The Balaban J connectivity index is 2.02. The summed E-state index contributed by atoms with van der Waals surface area (Å²) in [5.41, 5.74) is -1.57. The molecular weight excluding hydrogens is 344 g/mol. The first kappa shape index (κ1) is 20.9. The summed E-state index contributed by atoms with van der Waals surface area (Å²) in [5.74, 6) is 0. The molecule has 2 rings (SSSR count). The highest BCUT2D eigenvalue weighted by Gasteiger charge is 2.52. The van der Waals surface area contributed by atoms with Crippen molar-refractivity contribution in [2.24, 2.45) is 0 Å². The standard InChI is InChI=1S/C14H26O11/c1-14(4-15)11(21)8(18)10(20)13(25-14)23-3-5-6(16)7(17)9(19)12(22-2)24-5/h5-13,15-21H,3-4H2,1-2H3. The number of methoxy groups -OCH3 is 1. The van der Waals surface area contributed by atoms with E-state index in [4.69, 9.17) is 18.9 Å². The van der Waals surface area contributed by atoms with Gasteiger partial charge in [-0.15, -0.1) is 0 Å². The van der Waals surface area contributed by atoms with Crippen LogP contribution in [0.5, 0.6) is 0 Å². The molecule has 2 saturated heterocycles. The van der Waals surface area contributed by atoms with Gasteiger partial charge < -0.3 is 54.7 Å². The molecule has 0 aliphatic carbocycles. The lowest BCUT2D eigenvalue weighted by Crippen LogP contribution is -2.65. The quantitative estimate of drug-likeness (QED) is 0.249. The van der Waals surface area contributed by atoms with E-state index >= 15 is 0 Å². The van der Waals surface area contributed by atoms with E-state index < -0.39 is 74.1 Å². The van der Waals surface area contributed by atoms with E-state index in [1.165, 1.54) is 14.0 Å². The van der Waals surface area contributed by atoms with E-state index in [0.29, 0.717) is 0 Å². The SMILES string of the molecule is COC1OC(COC2OC(C)(CO)C(O)C(O)C2O)C(O)C(O)C1O. The first-order valence-corrected chi connectivity index (χ1v) is 7.83. The molecule has 7 N–H and O–H groups in total. The number of ether oxygens (including phenoxy) is 4. The molecule has 2 aliphatic heterocycles. The molecule has 0 spiro atoms. The summed E-state index contributed by atoms with van der Waals surface area (Å²) in [7, 11) is 1.24. The third kappa shape index (κ3) is 3.96. The molecule has 2 fully saturated rings. The third-order valence-corrected chi connectivity index (χ3v) is 4.60. The first-order valence-electron chi connectivity index (χ1n) is 7.83. The maximum atomic E-state index is 9.96. The topological polar surface area (TPSA) is 179 Å². The third-order valence-electron chi connectivity index (χ3n) is 4.60. The van der Waals surface area contributed by atoms with Crippen molar-refractivity contribution in [3.8, 4) is 0 Å². The van der Waals surface area contributed by atoms with Crippen molar-refractivity contribution in [1.29, 1.82) is 0 Å². The van der Waals surface area contributed by atoms with Gasteiger partial charge in [-0.2, -0.15) is 0 Å². The van der Waals surface area contributed by atoms with E-state index in [9.17, 15) is 35.7 Å². The Morgan fingerprint density at radius 3 is 2.04 bits per heavy atom. The minimum absolute atomic E-state index is 0.392. The molecule has 10 unspecified atom stereocenters. The minimum atomic E-state index is -1.63. The van der Waals surface area contributed by atoms with Crippen molar-refractivity contribution >= 4 is 0 Å². The molecule has 0 amide bonds. The fourth-order valence-corrected chi connectivity index (χ4v) is 2.82. The number of rotatable bonds is 5. The summed E-state index contributed by atoms with van der Waals surface area (Å²) < 4.78 is 20.8. The summed E-state index contributed by atoms with van der Waals surface area (Å²) >= 11 is 0. The van der Waals surface area contributed by atoms with Gasteiger partial charge in [0, 0.05) is 7.11 Å². The van der Waals surface area contributed by atoms with Crippen LogP contribution < -0.4 is 0 Å². The van der Waals surface area contributed by atoms with Gasteiger partial charge in [0.15, 0.2) is 12.6 Å². The first-order chi connectivity index (χ1) is 11.7. The molecule has 0 saturated carbocycles. The zero-order valence-electron chi connectivity index (χ0n) is 13.9. The van der Waals surface area contributed by atoms with Gasteiger partial charge in [-0.3, -0.25) is 0 Å². The molecule has 0 aromatic carbocycles. The lowest BCUT2D eigenvalue weighted by atomic mass is 9.89. The van der Waals surface area contributed by atoms with E-state index in [1.54, 1.807) is 0 Å². The Kier molecular flexibility index (Phi) is 6.73. The van der Waals surface area contributed by atoms with Crippen LogP contribution in [0, 0.1) is 0 Å². The molecule has 25 heavy (non-hydrogen) atoms. The van der Waals surface area contributed by atoms with Crippen LogP contribution in [0.4, 0.5) is 0 Å². The molecule has 0 aromatic rings. The molecule has 11 heteroatoms. The van der Waals surface area contributed by atoms with Crippen molar-refractivity contribution in [2.45, 2.75) is 67.8 Å². The Bertz CT molecular complexity index is 435. The molecule has 11 nitrogen and oxygen atoms in total. The van der Waals surface area contributed by atoms with Gasteiger partial charge >= 0.3 is 0 Å². The average molecular weight is 370 g/mol. The zero-order valence-corrected chi connectivity index (χ0v) is 13.9. The van der Waals surface area contributed by atoms with Crippen LogP contribution >= 0.6 is 0 Å². The second kappa shape index (κ2) is 8.06. The molecule has 148 valence electrons. The lowest BCUT2D eigenvalue weighted by Gasteiger charge is -2.46. The number of aliphatic hydroxyl groups excluding tert-OH is 7. The van der Waals surface area contributed by atoms with E-state index in [2.05, 4.69) is 0 Å². The van der Waals surface area contributed by atoms with E-state index in [0.717, 1.165) is 0 Å². The maximum Gasteiger partial charge on any atom is 0.187 e. The van der Waals surface area contributed by atoms with Gasteiger partial charge in [0.2, 0.25) is 0 Å². The number of hydrogen-bond acceptors (Lipinski definition) is 11. The van der Waals surface area contributed by atoms with Crippen LogP contribution in [-0.4, -0.2) is 117 Å². The Morgan fingerprint density at radius 2 is 1.48 bits per heavy atom.